The number of amides is 1. The van der Waals surface area contributed by atoms with E-state index in [0.29, 0.717) is 43.6 Å². The Morgan fingerprint density at radius 1 is 1.07 bits per heavy atom. The molecule has 0 unspecified atom stereocenters. The van der Waals surface area contributed by atoms with Crippen molar-refractivity contribution in [1.29, 1.82) is 0 Å². The molecular weight excluding hydrogens is 588 g/mol. The first-order valence-electron chi connectivity index (χ1n) is 15.0. The molecule has 10 heteroatoms. The zero-order chi connectivity index (χ0) is 30.4. The fraction of sp³-hybridized carbons (Fsp3) is 0.485. The van der Waals surface area contributed by atoms with E-state index in [-0.39, 0.29) is 35.2 Å². The maximum atomic E-state index is 13.2. The summed E-state index contributed by atoms with van der Waals surface area (Å²) in [6, 6.07) is 11.1. The molecule has 2 heterocycles. The Morgan fingerprint density at radius 2 is 1.93 bits per heavy atom. The average Bonchev–Trinajstić information content (AvgIpc) is 2.97. The number of benzene rings is 2. The van der Waals surface area contributed by atoms with Gasteiger partial charge in [-0.05, 0) is 73.1 Å². The molecular formula is C33H41ClN2O6S. The summed E-state index contributed by atoms with van der Waals surface area (Å²) < 4.78 is 46.0. The summed E-state index contributed by atoms with van der Waals surface area (Å²) in [5.41, 5.74) is 3.30. The zero-order valence-corrected chi connectivity index (χ0v) is 26.4. The van der Waals surface area contributed by atoms with Crippen LogP contribution in [0, 0.1) is 17.8 Å². The number of sulfonamides is 1. The first-order chi connectivity index (χ1) is 20.7. The standard InChI is InChI=1S/C33H41ClN2O6S/c1-23-6-5-8-31(41-17-16-40-2)29-13-10-26(29)20-36-15-4-3-7-24-18-28(34)12-9-27(24)21-42-32-14-11-25(19-30(32)36)33(37)35-43(38,39)22-23/h5,8-14,18-19,23,26,29,31H,3-4,6-7,15-17,20-22H2,1-2H3,(H,35,37)/b8-5+/t23-,26+,29-,31+/m1/s1. The van der Waals surface area contributed by atoms with Crippen LogP contribution in [0.3, 0.4) is 0 Å². The van der Waals surface area contributed by atoms with Crippen LogP contribution >= 0.6 is 11.6 Å². The molecule has 1 aliphatic carbocycles. The second-order valence-electron chi connectivity index (χ2n) is 11.7. The van der Waals surface area contributed by atoms with Crippen LogP contribution in [0.4, 0.5) is 5.69 Å². The molecule has 1 N–H and O–H groups in total. The Kier molecular flexibility index (Phi) is 10.5. The molecule has 0 spiro atoms. The van der Waals surface area contributed by atoms with E-state index in [9.17, 15) is 13.2 Å². The molecule has 8 nitrogen and oxygen atoms in total. The zero-order valence-electron chi connectivity index (χ0n) is 24.8. The molecule has 232 valence electrons. The summed E-state index contributed by atoms with van der Waals surface area (Å²) in [7, 11) is -2.19. The third kappa shape index (κ3) is 8.20. The van der Waals surface area contributed by atoms with Crippen LogP contribution in [0.1, 0.15) is 47.7 Å². The van der Waals surface area contributed by atoms with E-state index in [1.165, 1.54) is 5.56 Å². The number of halogens is 1. The Balaban J connectivity index is 1.51. The van der Waals surface area contributed by atoms with Gasteiger partial charge in [-0.1, -0.05) is 48.9 Å². The fourth-order valence-electron chi connectivity index (χ4n) is 5.96. The molecule has 0 radical (unpaired) electrons. The third-order valence-electron chi connectivity index (χ3n) is 8.34. The molecule has 2 aromatic rings. The van der Waals surface area contributed by atoms with Crippen molar-refractivity contribution in [3.8, 4) is 5.75 Å². The van der Waals surface area contributed by atoms with Crippen LogP contribution < -0.4 is 14.4 Å². The van der Waals surface area contributed by atoms with E-state index in [1.807, 2.05) is 31.2 Å². The van der Waals surface area contributed by atoms with Gasteiger partial charge in [0.2, 0.25) is 10.0 Å². The second-order valence-corrected chi connectivity index (χ2v) is 13.9. The summed E-state index contributed by atoms with van der Waals surface area (Å²) in [6.45, 7) is 4.63. The third-order valence-corrected chi connectivity index (χ3v) is 10.1. The Morgan fingerprint density at radius 3 is 2.72 bits per heavy atom. The van der Waals surface area contributed by atoms with Crippen LogP contribution in [-0.4, -0.2) is 59.6 Å². The summed E-state index contributed by atoms with van der Waals surface area (Å²) in [6.07, 6.45) is 11.6. The number of hydrogen-bond acceptors (Lipinski definition) is 7. The van der Waals surface area contributed by atoms with Gasteiger partial charge in [0.15, 0.2) is 0 Å². The van der Waals surface area contributed by atoms with Gasteiger partial charge in [0.1, 0.15) is 12.4 Å². The van der Waals surface area contributed by atoms with E-state index in [2.05, 4.69) is 27.9 Å². The number of allylic oxidation sites excluding steroid dienone is 1. The number of methoxy groups -OCH3 is 1. The van der Waals surface area contributed by atoms with Crippen LogP contribution in [-0.2, 0) is 32.5 Å². The molecule has 0 aromatic heterocycles. The minimum absolute atomic E-state index is 0.153. The first-order valence-corrected chi connectivity index (χ1v) is 17.0. The number of fused-ring (bicyclic) bond motifs is 3. The van der Waals surface area contributed by atoms with Crippen molar-refractivity contribution in [3.05, 3.63) is 82.4 Å². The highest BCUT2D eigenvalue weighted by atomic mass is 35.5. The lowest BCUT2D eigenvalue weighted by molar-refractivity contribution is 0.00967. The Labute approximate surface area is 260 Å². The van der Waals surface area contributed by atoms with E-state index in [0.717, 1.165) is 37.1 Å². The lowest BCUT2D eigenvalue weighted by Crippen LogP contribution is -2.41. The van der Waals surface area contributed by atoms with Gasteiger partial charge in [0.25, 0.3) is 5.91 Å². The summed E-state index contributed by atoms with van der Waals surface area (Å²) in [5.74, 6) is 0.0311. The molecule has 0 fully saturated rings. The molecule has 43 heavy (non-hydrogen) atoms. The maximum absolute atomic E-state index is 13.2. The highest BCUT2D eigenvalue weighted by molar-refractivity contribution is 7.90. The van der Waals surface area contributed by atoms with Crippen LogP contribution in [0.2, 0.25) is 5.02 Å². The van der Waals surface area contributed by atoms with E-state index in [1.54, 1.807) is 25.3 Å². The van der Waals surface area contributed by atoms with Gasteiger partial charge in [-0.25, -0.2) is 13.1 Å². The van der Waals surface area contributed by atoms with Crippen molar-refractivity contribution in [2.45, 2.75) is 45.3 Å². The van der Waals surface area contributed by atoms with Gasteiger partial charge in [-0.3, -0.25) is 4.79 Å². The molecule has 0 saturated heterocycles. The monoisotopic (exact) mass is 628 g/mol. The quantitative estimate of drug-likeness (QED) is 0.350. The number of carbonyl (C=O) groups excluding carboxylic acids is 1. The lowest BCUT2D eigenvalue weighted by Gasteiger charge is -2.39. The predicted molar refractivity (Wildman–Crippen MR) is 169 cm³/mol. The number of rotatable bonds is 4. The molecule has 2 bridgehead atoms. The molecule has 0 saturated carbocycles. The first kappa shape index (κ1) is 31.6. The van der Waals surface area contributed by atoms with Gasteiger partial charge in [-0.2, -0.15) is 0 Å². The Hall–Kier alpha value is -2.85. The fourth-order valence-corrected chi connectivity index (χ4v) is 7.52. The largest absolute Gasteiger partial charge is 0.487 e. The number of ether oxygens (including phenoxy) is 3. The summed E-state index contributed by atoms with van der Waals surface area (Å²) >= 11 is 6.32. The van der Waals surface area contributed by atoms with Crippen LogP contribution in [0.25, 0.3) is 0 Å². The van der Waals surface area contributed by atoms with Crippen molar-refractivity contribution in [3.63, 3.8) is 0 Å². The topological polar surface area (TPSA) is 94.2 Å². The van der Waals surface area contributed by atoms with Crippen molar-refractivity contribution in [2.75, 3.05) is 44.1 Å². The van der Waals surface area contributed by atoms with Crippen LogP contribution in [0.15, 0.2) is 60.7 Å². The number of anilines is 1. The Bertz CT molecular complexity index is 1460. The number of hydrogen-bond donors (Lipinski definition) is 1. The van der Waals surface area contributed by atoms with Crippen molar-refractivity contribution in [2.24, 2.45) is 17.8 Å². The van der Waals surface area contributed by atoms with E-state index < -0.39 is 15.9 Å². The van der Waals surface area contributed by atoms with Gasteiger partial charge in [0, 0.05) is 42.6 Å². The number of nitrogens with one attached hydrogen (secondary N) is 1. The van der Waals surface area contributed by atoms with Gasteiger partial charge in [-0.15, -0.1) is 0 Å². The smallest absolute Gasteiger partial charge is 0.264 e. The minimum atomic E-state index is -3.84. The predicted octanol–water partition coefficient (Wildman–Crippen LogP) is 5.55. The molecule has 2 aromatic carbocycles. The van der Waals surface area contributed by atoms with E-state index in [4.69, 9.17) is 25.8 Å². The van der Waals surface area contributed by atoms with Gasteiger partial charge >= 0.3 is 0 Å². The second kappa shape index (κ2) is 14.3. The average molecular weight is 629 g/mol. The number of aryl methyl sites for hydroxylation is 1. The minimum Gasteiger partial charge on any atom is -0.487 e. The van der Waals surface area contributed by atoms with Gasteiger partial charge in [0.05, 0.1) is 30.8 Å². The highest BCUT2D eigenvalue weighted by Crippen LogP contribution is 2.37. The SMILES string of the molecule is COCCO[C@H]1/C=C/C[C@@H](C)CS(=O)(=O)NC(=O)c2ccc3c(c2)N(CCCCc2cc(Cl)ccc2CO3)C[C@@H]2C=C[C@@H]12. The van der Waals surface area contributed by atoms with Crippen LogP contribution in [0.5, 0.6) is 5.75 Å². The lowest BCUT2D eigenvalue weighted by atomic mass is 9.77. The summed E-state index contributed by atoms with van der Waals surface area (Å²) in [4.78, 5) is 15.5. The summed E-state index contributed by atoms with van der Waals surface area (Å²) in [5, 5.41) is 0.707. The van der Waals surface area contributed by atoms with E-state index >= 15 is 0 Å². The van der Waals surface area contributed by atoms with Crippen molar-refractivity contribution < 1.29 is 27.4 Å². The molecule has 4 atom stereocenters. The number of carbonyl (C=O) groups is 1. The van der Waals surface area contributed by atoms with Crippen molar-refractivity contribution in [1.82, 2.24) is 4.72 Å². The highest BCUT2D eigenvalue weighted by Gasteiger charge is 2.33. The van der Waals surface area contributed by atoms with Gasteiger partial charge < -0.3 is 19.1 Å². The molecule has 1 amide bonds. The maximum Gasteiger partial charge on any atom is 0.264 e. The number of nitrogens with zero attached hydrogens (tertiary/aromatic N) is 1. The molecule has 2 aliphatic heterocycles. The molecule has 3 aliphatic rings. The normalized spacial score (nSPS) is 26.5. The molecule has 5 rings (SSSR count). The van der Waals surface area contributed by atoms with Crippen molar-refractivity contribution >= 4 is 33.2 Å².